The van der Waals surface area contributed by atoms with Crippen LogP contribution < -0.4 is 10.6 Å². The molecule has 0 bridgehead atoms. The maximum absolute atomic E-state index is 12.2. The molecular formula is C17H29N3O4. The molecule has 1 saturated heterocycles. The van der Waals surface area contributed by atoms with Gasteiger partial charge in [0.1, 0.15) is 0 Å². The number of ether oxygens (including phenoxy) is 1. The van der Waals surface area contributed by atoms with Gasteiger partial charge in [-0.3, -0.25) is 9.59 Å². The highest BCUT2D eigenvalue weighted by molar-refractivity contribution is 5.82. The number of likely N-dealkylation sites (tertiary alicyclic amines) is 1. The van der Waals surface area contributed by atoms with E-state index in [9.17, 15) is 14.4 Å². The first-order chi connectivity index (χ1) is 11.6. The van der Waals surface area contributed by atoms with E-state index in [4.69, 9.17) is 4.74 Å². The molecule has 0 spiro atoms. The quantitative estimate of drug-likeness (QED) is 0.568. The Morgan fingerprint density at radius 3 is 2.58 bits per heavy atom. The first-order valence-electron chi connectivity index (χ1n) is 9.09. The van der Waals surface area contributed by atoms with E-state index in [0.29, 0.717) is 25.6 Å². The van der Waals surface area contributed by atoms with Crippen LogP contribution in [-0.4, -0.2) is 54.6 Å². The van der Waals surface area contributed by atoms with E-state index in [1.807, 2.05) is 4.90 Å². The van der Waals surface area contributed by atoms with Crippen molar-refractivity contribution < 1.29 is 19.1 Å². The Morgan fingerprint density at radius 2 is 1.92 bits per heavy atom. The van der Waals surface area contributed by atoms with E-state index in [1.54, 1.807) is 6.92 Å². The number of hydrogen-bond donors (Lipinski definition) is 2. The molecule has 3 amide bonds. The van der Waals surface area contributed by atoms with Crippen LogP contribution in [0.3, 0.4) is 0 Å². The van der Waals surface area contributed by atoms with E-state index < -0.39 is 0 Å². The van der Waals surface area contributed by atoms with Crippen molar-refractivity contribution in [2.45, 2.75) is 70.4 Å². The molecule has 2 N–H and O–H groups in total. The minimum absolute atomic E-state index is 0.138. The smallest absolute Gasteiger partial charge is 0.315 e. The monoisotopic (exact) mass is 339 g/mol. The highest BCUT2D eigenvalue weighted by Crippen LogP contribution is 2.25. The lowest BCUT2D eigenvalue weighted by molar-refractivity contribution is -0.142. The second kappa shape index (κ2) is 9.49. The highest BCUT2D eigenvalue weighted by Gasteiger charge is 2.35. The molecule has 0 aromatic rings. The molecule has 1 aliphatic heterocycles. The van der Waals surface area contributed by atoms with E-state index in [2.05, 4.69) is 10.6 Å². The van der Waals surface area contributed by atoms with Crippen molar-refractivity contribution in [2.75, 3.05) is 19.7 Å². The van der Waals surface area contributed by atoms with Crippen molar-refractivity contribution in [1.82, 2.24) is 15.5 Å². The summed E-state index contributed by atoms with van der Waals surface area (Å²) >= 11 is 0. The minimum Gasteiger partial charge on any atom is -0.466 e. The van der Waals surface area contributed by atoms with E-state index in [0.717, 1.165) is 12.8 Å². The molecule has 24 heavy (non-hydrogen) atoms. The summed E-state index contributed by atoms with van der Waals surface area (Å²) in [5, 5.41) is 5.47. The molecular weight excluding hydrogens is 310 g/mol. The van der Waals surface area contributed by atoms with Gasteiger partial charge in [-0.1, -0.05) is 25.7 Å². The van der Waals surface area contributed by atoms with Crippen LogP contribution in [0.1, 0.15) is 58.3 Å². The lowest BCUT2D eigenvalue weighted by Crippen LogP contribution is -2.45. The summed E-state index contributed by atoms with van der Waals surface area (Å²) in [4.78, 5) is 37.3. The molecule has 1 aliphatic carbocycles. The highest BCUT2D eigenvalue weighted by atomic mass is 16.5. The fourth-order valence-corrected chi connectivity index (χ4v) is 3.50. The van der Waals surface area contributed by atoms with Gasteiger partial charge in [0.2, 0.25) is 5.91 Å². The van der Waals surface area contributed by atoms with Crippen LogP contribution in [0.4, 0.5) is 4.79 Å². The van der Waals surface area contributed by atoms with E-state index in [1.165, 1.54) is 25.7 Å². The average Bonchev–Trinajstić information content (AvgIpc) is 2.75. The van der Waals surface area contributed by atoms with Gasteiger partial charge in [0.15, 0.2) is 0 Å². The predicted molar refractivity (Wildman–Crippen MR) is 89.4 cm³/mol. The third-order valence-corrected chi connectivity index (χ3v) is 4.68. The van der Waals surface area contributed by atoms with Crippen molar-refractivity contribution in [2.24, 2.45) is 0 Å². The topological polar surface area (TPSA) is 87.7 Å². The van der Waals surface area contributed by atoms with Crippen LogP contribution in [0.5, 0.6) is 0 Å². The number of nitrogens with one attached hydrogen (secondary N) is 2. The summed E-state index contributed by atoms with van der Waals surface area (Å²) in [6.07, 6.45) is 7.53. The minimum atomic E-state index is -0.334. The molecule has 7 heteroatoms. The molecule has 1 saturated carbocycles. The summed E-state index contributed by atoms with van der Waals surface area (Å²) in [5.74, 6) is -0.188. The number of carbonyl (C=O) groups excluding carboxylic acids is 3. The van der Waals surface area contributed by atoms with Gasteiger partial charge in [0.05, 0.1) is 19.1 Å². The molecule has 0 radical (unpaired) electrons. The second-order valence-corrected chi connectivity index (χ2v) is 6.55. The lowest BCUT2D eigenvalue weighted by Gasteiger charge is -2.27. The molecule has 2 rings (SSSR count). The Balaban J connectivity index is 1.70. The summed E-state index contributed by atoms with van der Waals surface area (Å²) in [5.41, 5.74) is 0. The molecule has 0 aromatic carbocycles. The first-order valence-corrected chi connectivity index (χ1v) is 9.09. The molecule has 7 nitrogen and oxygen atoms in total. The second-order valence-electron chi connectivity index (χ2n) is 6.55. The molecule has 1 heterocycles. The van der Waals surface area contributed by atoms with Crippen molar-refractivity contribution >= 4 is 17.9 Å². The number of esters is 1. The van der Waals surface area contributed by atoms with Gasteiger partial charge >= 0.3 is 12.0 Å². The molecule has 2 fully saturated rings. The number of carbonyl (C=O) groups is 3. The molecule has 2 aliphatic rings. The standard InChI is InChI=1S/C17H29N3O4/c1-2-24-16(22)9-10-18-17(23)19-13-11-15(21)20(12-13)14-7-5-3-4-6-8-14/h13-14H,2-12H2,1H3,(H2,18,19,23)/t13-/m1/s1. The third-order valence-electron chi connectivity index (χ3n) is 4.68. The average molecular weight is 339 g/mol. The van der Waals surface area contributed by atoms with Crippen LogP contribution in [-0.2, 0) is 14.3 Å². The van der Waals surface area contributed by atoms with Crippen molar-refractivity contribution in [3.63, 3.8) is 0 Å². The van der Waals surface area contributed by atoms with Crippen LogP contribution in [0, 0.1) is 0 Å². The SMILES string of the molecule is CCOC(=O)CCNC(=O)N[C@@H]1CC(=O)N(C2CCCCCC2)C1. The van der Waals surface area contributed by atoms with Crippen LogP contribution in [0.2, 0.25) is 0 Å². The number of urea groups is 1. The lowest BCUT2D eigenvalue weighted by atomic mass is 10.1. The van der Waals surface area contributed by atoms with Crippen LogP contribution in [0.25, 0.3) is 0 Å². The summed E-state index contributed by atoms with van der Waals surface area (Å²) < 4.78 is 4.80. The number of amides is 3. The molecule has 0 aromatic heterocycles. The zero-order valence-corrected chi connectivity index (χ0v) is 14.5. The van der Waals surface area contributed by atoms with E-state index in [-0.39, 0.29) is 36.9 Å². The fourth-order valence-electron chi connectivity index (χ4n) is 3.50. The normalized spacial score (nSPS) is 22.1. The van der Waals surface area contributed by atoms with Gasteiger partial charge in [-0.15, -0.1) is 0 Å². The first kappa shape index (κ1) is 18.5. The largest absolute Gasteiger partial charge is 0.466 e. The zero-order chi connectivity index (χ0) is 17.4. The predicted octanol–water partition coefficient (Wildman–Crippen LogP) is 1.56. The summed E-state index contributed by atoms with van der Waals surface area (Å²) in [6.45, 7) is 2.91. The zero-order valence-electron chi connectivity index (χ0n) is 14.5. The van der Waals surface area contributed by atoms with Gasteiger partial charge in [-0.2, -0.15) is 0 Å². The van der Waals surface area contributed by atoms with Gasteiger partial charge in [-0.05, 0) is 19.8 Å². The Bertz CT molecular complexity index is 447. The van der Waals surface area contributed by atoms with Crippen molar-refractivity contribution in [3.05, 3.63) is 0 Å². The number of rotatable bonds is 6. The Labute approximate surface area is 143 Å². The van der Waals surface area contributed by atoms with Gasteiger partial charge in [-0.25, -0.2) is 4.79 Å². The molecule has 1 atom stereocenters. The van der Waals surface area contributed by atoms with Gasteiger partial charge < -0.3 is 20.3 Å². The summed E-state index contributed by atoms with van der Waals surface area (Å²) in [7, 11) is 0. The maximum atomic E-state index is 12.2. The fraction of sp³-hybridized carbons (Fsp3) is 0.824. The summed E-state index contributed by atoms with van der Waals surface area (Å²) in [6, 6.07) is -0.151. The molecule has 136 valence electrons. The Morgan fingerprint density at radius 1 is 1.21 bits per heavy atom. The van der Waals surface area contributed by atoms with Gasteiger partial charge in [0, 0.05) is 25.6 Å². The van der Waals surface area contributed by atoms with Crippen molar-refractivity contribution in [3.8, 4) is 0 Å². The maximum Gasteiger partial charge on any atom is 0.315 e. The number of nitrogens with zero attached hydrogens (tertiary/aromatic N) is 1. The van der Waals surface area contributed by atoms with Crippen molar-refractivity contribution in [1.29, 1.82) is 0 Å². The molecule has 0 unspecified atom stereocenters. The number of hydrogen-bond acceptors (Lipinski definition) is 4. The van der Waals surface area contributed by atoms with Crippen LogP contribution >= 0.6 is 0 Å². The van der Waals surface area contributed by atoms with Crippen LogP contribution in [0.15, 0.2) is 0 Å². The third kappa shape index (κ3) is 5.69. The van der Waals surface area contributed by atoms with Gasteiger partial charge in [0.25, 0.3) is 0 Å². The van der Waals surface area contributed by atoms with E-state index >= 15 is 0 Å². The Kier molecular flexibility index (Phi) is 7.34. The Hall–Kier alpha value is -1.79.